The predicted octanol–water partition coefficient (Wildman–Crippen LogP) is 3.01. The quantitative estimate of drug-likeness (QED) is 0.729. The molecule has 7 heteroatoms. The third-order valence-corrected chi connectivity index (χ3v) is 3.67. The maximum Gasteiger partial charge on any atom is 0.224 e. The van der Waals surface area contributed by atoms with Crippen LogP contribution >= 0.6 is 0 Å². The zero-order chi connectivity index (χ0) is 18.5. The van der Waals surface area contributed by atoms with Crippen LogP contribution in [0.2, 0.25) is 0 Å². The van der Waals surface area contributed by atoms with Gasteiger partial charge in [0.2, 0.25) is 5.95 Å². The molecule has 0 unspecified atom stereocenters. The molecule has 3 N–H and O–H groups in total. The molecule has 3 aromatic rings. The van der Waals surface area contributed by atoms with Crippen LogP contribution in [0.5, 0.6) is 17.2 Å². The second-order valence-corrected chi connectivity index (χ2v) is 5.33. The lowest BCUT2D eigenvalue weighted by molar-refractivity contribution is 0.394. The summed E-state index contributed by atoms with van der Waals surface area (Å²) in [6.45, 7) is 0. The van der Waals surface area contributed by atoms with Gasteiger partial charge in [0.1, 0.15) is 17.2 Å². The number of phenols is 1. The molecule has 1 heterocycles. The van der Waals surface area contributed by atoms with Crippen LogP contribution in [0, 0.1) is 0 Å². The first kappa shape index (κ1) is 17.2. The van der Waals surface area contributed by atoms with E-state index >= 15 is 0 Å². The summed E-state index contributed by atoms with van der Waals surface area (Å²) < 4.78 is 10.6. The maximum absolute atomic E-state index is 9.98. The van der Waals surface area contributed by atoms with Crippen LogP contribution in [-0.2, 0) is 0 Å². The molecule has 0 aliphatic rings. The molecule has 0 amide bonds. The molecule has 7 nitrogen and oxygen atoms in total. The normalized spacial score (nSPS) is 10.8. The summed E-state index contributed by atoms with van der Waals surface area (Å²) in [5, 5.41) is 9.98. The van der Waals surface area contributed by atoms with E-state index in [0.717, 1.165) is 5.56 Å². The van der Waals surface area contributed by atoms with Gasteiger partial charge in [0.25, 0.3) is 0 Å². The number of benzene rings is 2. The van der Waals surface area contributed by atoms with E-state index in [9.17, 15) is 5.11 Å². The summed E-state index contributed by atoms with van der Waals surface area (Å²) in [6, 6.07) is 12.3. The number of rotatable bonds is 5. The monoisotopic (exact) mass is 350 g/mol. The smallest absolute Gasteiger partial charge is 0.224 e. The van der Waals surface area contributed by atoms with E-state index in [4.69, 9.17) is 15.2 Å². The Morgan fingerprint density at radius 1 is 0.962 bits per heavy atom. The molecule has 3 rings (SSSR count). The Bertz CT molecular complexity index is 957. The van der Waals surface area contributed by atoms with Crippen LogP contribution in [0.15, 0.2) is 42.5 Å². The molecule has 0 radical (unpaired) electrons. The highest BCUT2D eigenvalue weighted by atomic mass is 16.5. The minimum Gasteiger partial charge on any atom is -0.507 e. The van der Waals surface area contributed by atoms with Crippen molar-refractivity contribution in [3.05, 3.63) is 53.9 Å². The molecule has 0 aliphatic heterocycles. The lowest BCUT2D eigenvalue weighted by Gasteiger charge is -2.07. The topological polar surface area (TPSA) is 103 Å². The number of nitrogen functional groups attached to an aromatic ring is 1. The predicted molar refractivity (Wildman–Crippen MR) is 99.8 cm³/mol. The molecule has 0 aliphatic carbocycles. The lowest BCUT2D eigenvalue weighted by Crippen LogP contribution is -2.02. The van der Waals surface area contributed by atoms with Gasteiger partial charge >= 0.3 is 0 Å². The molecule has 0 fully saturated rings. The van der Waals surface area contributed by atoms with Crippen LogP contribution in [0.4, 0.5) is 5.95 Å². The van der Waals surface area contributed by atoms with Crippen molar-refractivity contribution in [2.24, 2.45) is 0 Å². The molecule has 0 saturated heterocycles. The van der Waals surface area contributed by atoms with Crippen molar-refractivity contribution in [1.82, 2.24) is 15.0 Å². The van der Waals surface area contributed by atoms with Gasteiger partial charge in [0, 0.05) is 11.6 Å². The van der Waals surface area contributed by atoms with Gasteiger partial charge in [-0.1, -0.05) is 12.1 Å². The van der Waals surface area contributed by atoms with E-state index in [-0.39, 0.29) is 11.7 Å². The van der Waals surface area contributed by atoms with E-state index in [1.165, 1.54) is 0 Å². The molecule has 0 saturated carbocycles. The fourth-order valence-electron chi connectivity index (χ4n) is 2.39. The lowest BCUT2D eigenvalue weighted by atomic mass is 10.1. The SMILES string of the molecule is COc1ccc(/C=C/c2nc(N)nc(-c3ccccc3O)n2)c(OC)c1. The highest BCUT2D eigenvalue weighted by Crippen LogP contribution is 2.27. The van der Waals surface area contributed by atoms with Gasteiger partial charge in [-0.2, -0.15) is 9.97 Å². The minimum atomic E-state index is 0.0691. The van der Waals surface area contributed by atoms with Crippen LogP contribution in [-0.4, -0.2) is 34.3 Å². The molecule has 2 aromatic carbocycles. The summed E-state index contributed by atoms with van der Waals surface area (Å²) in [5.41, 5.74) is 7.11. The molecular weight excluding hydrogens is 332 g/mol. The van der Waals surface area contributed by atoms with E-state index in [0.29, 0.717) is 28.7 Å². The number of hydrogen-bond donors (Lipinski definition) is 2. The van der Waals surface area contributed by atoms with Crippen molar-refractivity contribution >= 4 is 18.1 Å². The second kappa shape index (κ2) is 7.52. The number of ether oxygens (including phenoxy) is 2. The standard InChI is InChI=1S/C19H18N4O3/c1-25-13-9-7-12(16(11-13)26-2)8-10-17-21-18(23-19(20)22-17)14-5-3-4-6-15(14)24/h3-11,24H,1-2H3,(H2,20,21,22,23)/b10-8+. The average Bonchev–Trinajstić information content (AvgIpc) is 2.66. The maximum atomic E-state index is 9.98. The van der Waals surface area contributed by atoms with E-state index in [1.54, 1.807) is 50.6 Å². The van der Waals surface area contributed by atoms with Crippen molar-refractivity contribution < 1.29 is 14.6 Å². The number of hydrogen-bond acceptors (Lipinski definition) is 7. The first-order chi connectivity index (χ1) is 12.6. The molecule has 26 heavy (non-hydrogen) atoms. The minimum absolute atomic E-state index is 0.0691. The third kappa shape index (κ3) is 3.72. The van der Waals surface area contributed by atoms with Crippen molar-refractivity contribution in [2.45, 2.75) is 0 Å². The van der Waals surface area contributed by atoms with Crippen molar-refractivity contribution in [3.8, 4) is 28.6 Å². The summed E-state index contributed by atoms with van der Waals surface area (Å²) in [5.74, 6) is 2.17. The van der Waals surface area contributed by atoms with E-state index in [1.807, 2.05) is 18.2 Å². The number of methoxy groups -OCH3 is 2. The number of anilines is 1. The Balaban J connectivity index is 1.96. The van der Waals surface area contributed by atoms with Crippen molar-refractivity contribution in [2.75, 3.05) is 20.0 Å². The van der Waals surface area contributed by atoms with Crippen LogP contribution < -0.4 is 15.2 Å². The van der Waals surface area contributed by atoms with Crippen molar-refractivity contribution in [3.63, 3.8) is 0 Å². The Kier molecular flexibility index (Phi) is 4.98. The zero-order valence-corrected chi connectivity index (χ0v) is 14.4. The van der Waals surface area contributed by atoms with E-state index < -0.39 is 0 Å². The molecule has 0 bridgehead atoms. The molecular formula is C19H18N4O3. The molecule has 0 atom stereocenters. The third-order valence-electron chi connectivity index (χ3n) is 3.67. The largest absolute Gasteiger partial charge is 0.507 e. The van der Waals surface area contributed by atoms with Crippen LogP contribution in [0.1, 0.15) is 11.4 Å². The van der Waals surface area contributed by atoms with Crippen molar-refractivity contribution in [1.29, 1.82) is 0 Å². The molecule has 1 aromatic heterocycles. The number of aromatic nitrogens is 3. The molecule has 0 spiro atoms. The van der Waals surface area contributed by atoms with Gasteiger partial charge in [0.05, 0.1) is 19.8 Å². The Hall–Kier alpha value is -3.61. The fraction of sp³-hybridized carbons (Fsp3) is 0.105. The zero-order valence-electron chi connectivity index (χ0n) is 14.4. The highest BCUT2D eigenvalue weighted by Gasteiger charge is 2.09. The number of para-hydroxylation sites is 1. The summed E-state index contributed by atoms with van der Waals surface area (Å²) in [7, 11) is 3.18. The second-order valence-electron chi connectivity index (χ2n) is 5.33. The summed E-state index contributed by atoms with van der Waals surface area (Å²) in [6.07, 6.45) is 3.51. The summed E-state index contributed by atoms with van der Waals surface area (Å²) in [4.78, 5) is 12.6. The Morgan fingerprint density at radius 3 is 2.50 bits per heavy atom. The van der Waals surface area contributed by atoms with Gasteiger partial charge in [0.15, 0.2) is 11.6 Å². The highest BCUT2D eigenvalue weighted by molar-refractivity contribution is 5.72. The first-order valence-corrected chi connectivity index (χ1v) is 7.80. The molecule has 132 valence electrons. The number of aromatic hydroxyl groups is 1. The van der Waals surface area contributed by atoms with Gasteiger partial charge in [-0.3, -0.25) is 0 Å². The van der Waals surface area contributed by atoms with Gasteiger partial charge < -0.3 is 20.3 Å². The Labute approximate surface area is 150 Å². The number of nitrogens with zero attached hydrogens (tertiary/aromatic N) is 3. The number of nitrogens with two attached hydrogens (primary N) is 1. The average molecular weight is 350 g/mol. The number of phenolic OH excluding ortho intramolecular Hbond substituents is 1. The first-order valence-electron chi connectivity index (χ1n) is 7.80. The van der Waals surface area contributed by atoms with Crippen LogP contribution in [0.25, 0.3) is 23.5 Å². The Morgan fingerprint density at radius 2 is 1.77 bits per heavy atom. The van der Waals surface area contributed by atoms with E-state index in [2.05, 4.69) is 15.0 Å². The summed E-state index contributed by atoms with van der Waals surface area (Å²) >= 11 is 0. The van der Waals surface area contributed by atoms with Gasteiger partial charge in [-0.25, -0.2) is 4.98 Å². The van der Waals surface area contributed by atoms with Gasteiger partial charge in [-0.05, 0) is 36.4 Å². The van der Waals surface area contributed by atoms with Gasteiger partial charge in [-0.15, -0.1) is 0 Å². The van der Waals surface area contributed by atoms with Crippen LogP contribution in [0.3, 0.4) is 0 Å². The fourth-order valence-corrected chi connectivity index (χ4v) is 2.39.